The Hall–Kier alpha value is -2.61. The Morgan fingerprint density at radius 1 is 0.971 bits per heavy atom. The van der Waals surface area contributed by atoms with E-state index >= 15 is 0 Å². The van der Waals surface area contributed by atoms with Crippen molar-refractivity contribution in [2.75, 3.05) is 38.2 Å². The molecular formula is C28H38N3O3S+. The third-order valence-corrected chi connectivity index (χ3v) is 6.49. The van der Waals surface area contributed by atoms with E-state index in [1.54, 1.807) is 4.90 Å². The van der Waals surface area contributed by atoms with E-state index < -0.39 is 0 Å². The van der Waals surface area contributed by atoms with E-state index in [0.29, 0.717) is 18.4 Å². The predicted octanol–water partition coefficient (Wildman–Crippen LogP) is 3.31. The van der Waals surface area contributed by atoms with Gasteiger partial charge in [0.2, 0.25) is 0 Å². The summed E-state index contributed by atoms with van der Waals surface area (Å²) in [5.74, 6) is 0.0170. The van der Waals surface area contributed by atoms with Crippen molar-refractivity contribution in [3.8, 4) is 0 Å². The highest BCUT2D eigenvalue weighted by Crippen LogP contribution is 2.22. The second-order valence-electron chi connectivity index (χ2n) is 10.2. The fourth-order valence-electron chi connectivity index (χ4n) is 4.09. The third kappa shape index (κ3) is 9.17. The summed E-state index contributed by atoms with van der Waals surface area (Å²) in [5.41, 5.74) is 3.51. The summed E-state index contributed by atoms with van der Waals surface area (Å²) in [7, 11) is 0. The maximum atomic E-state index is 12.5. The first-order valence-electron chi connectivity index (χ1n) is 12.5. The van der Waals surface area contributed by atoms with Crippen molar-refractivity contribution in [2.45, 2.75) is 51.9 Å². The van der Waals surface area contributed by atoms with Crippen LogP contribution in [0.1, 0.15) is 61.5 Å². The molecule has 35 heavy (non-hydrogen) atoms. The highest BCUT2D eigenvalue weighted by Gasteiger charge is 2.15. The average molecular weight is 497 g/mol. The summed E-state index contributed by atoms with van der Waals surface area (Å²) < 4.78 is 5.38. The van der Waals surface area contributed by atoms with Crippen molar-refractivity contribution in [2.24, 2.45) is 0 Å². The van der Waals surface area contributed by atoms with Crippen LogP contribution in [-0.2, 0) is 21.4 Å². The molecule has 0 bridgehead atoms. The first-order valence-corrected chi connectivity index (χ1v) is 12.9. The van der Waals surface area contributed by atoms with Crippen LogP contribution in [0.3, 0.4) is 0 Å². The van der Waals surface area contributed by atoms with Gasteiger partial charge in [0.15, 0.2) is 5.11 Å². The predicted molar refractivity (Wildman–Crippen MR) is 144 cm³/mol. The number of nitrogens with one attached hydrogen (secondary N) is 3. The van der Waals surface area contributed by atoms with Crippen LogP contribution < -0.4 is 15.5 Å². The number of carbonyl (C=O) groups excluding carboxylic acids is 2. The first-order chi connectivity index (χ1) is 16.7. The Labute approximate surface area is 214 Å². The lowest BCUT2D eigenvalue weighted by Crippen LogP contribution is -3.14. The van der Waals surface area contributed by atoms with Crippen molar-refractivity contribution < 1.29 is 19.2 Å². The molecule has 0 saturated carbocycles. The molecule has 2 aromatic rings. The molecule has 1 aliphatic rings. The second-order valence-corrected chi connectivity index (χ2v) is 10.6. The summed E-state index contributed by atoms with van der Waals surface area (Å²) in [6, 6.07) is 15.2. The molecule has 0 aliphatic carbocycles. The van der Waals surface area contributed by atoms with E-state index in [1.807, 2.05) is 48.5 Å². The zero-order chi connectivity index (χ0) is 25.3. The van der Waals surface area contributed by atoms with E-state index in [2.05, 4.69) is 31.4 Å². The highest BCUT2D eigenvalue weighted by molar-refractivity contribution is 7.80. The monoisotopic (exact) mass is 496 g/mol. The molecule has 188 valence electrons. The van der Waals surface area contributed by atoms with Gasteiger partial charge >= 0.3 is 0 Å². The molecule has 1 saturated heterocycles. The Morgan fingerprint density at radius 3 is 2.26 bits per heavy atom. The summed E-state index contributed by atoms with van der Waals surface area (Å²) in [5, 5.41) is 5.99. The van der Waals surface area contributed by atoms with E-state index in [9.17, 15) is 9.59 Å². The molecule has 3 rings (SSSR count). The molecule has 0 unspecified atom stereocenters. The van der Waals surface area contributed by atoms with Gasteiger partial charge in [-0.2, -0.15) is 0 Å². The number of rotatable bonds is 9. The lowest BCUT2D eigenvalue weighted by atomic mass is 9.87. The molecule has 3 N–H and O–H groups in total. The molecule has 0 radical (unpaired) electrons. The zero-order valence-corrected chi connectivity index (χ0v) is 21.9. The average Bonchev–Trinajstić information content (AvgIpc) is 2.83. The van der Waals surface area contributed by atoms with E-state index in [-0.39, 0.29) is 22.2 Å². The first kappa shape index (κ1) is 27.0. The van der Waals surface area contributed by atoms with Gasteiger partial charge in [0.25, 0.3) is 5.91 Å². The van der Waals surface area contributed by atoms with Crippen molar-refractivity contribution >= 4 is 34.7 Å². The van der Waals surface area contributed by atoms with E-state index in [4.69, 9.17) is 17.0 Å². The van der Waals surface area contributed by atoms with Crippen LogP contribution in [0.25, 0.3) is 0 Å². The van der Waals surface area contributed by atoms with Gasteiger partial charge in [-0.15, -0.1) is 0 Å². The number of benzene rings is 2. The molecule has 2 aromatic carbocycles. The number of unbranched alkanes of at least 4 members (excludes halogenated alkanes) is 1. The van der Waals surface area contributed by atoms with Crippen molar-refractivity contribution in [1.82, 2.24) is 5.32 Å². The fourth-order valence-corrected chi connectivity index (χ4v) is 4.30. The number of amides is 1. The summed E-state index contributed by atoms with van der Waals surface area (Å²) in [4.78, 5) is 26.4. The van der Waals surface area contributed by atoms with Crippen molar-refractivity contribution in [3.05, 3.63) is 65.2 Å². The van der Waals surface area contributed by atoms with E-state index in [0.717, 1.165) is 56.9 Å². The number of morpholine rings is 1. The molecule has 0 atom stereocenters. The van der Waals surface area contributed by atoms with Crippen LogP contribution in [0, 0.1) is 0 Å². The SMILES string of the molecule is CC(C)(C)c1ccc(C(=O)NC(=S)Nc2ccc(CC(=O)CCCC[NH+]3CCOCC3)cc2)cc1. The van der Waals surface area contributed by atoms with Crippen molar-refractivity contribution in [3.63, 3.8) is 0 Å². The Balaban J connectivity index is 1.38. The molecule has 6 nitrogen and oxygen atoms in total. The number of Topliss-reactive ketones (excluding diaryl/α,β-unsaturated/α-hetero) is 1. The van der Waals surface area contributed by atoms with Gasteiger partial charge in [0.1, 0.15) is 18.9 Å². The molecule has 0 aromatic heterocycles. The number of hydrogen-bond acceptors (Lipinski definition) is 4. The minimum absolute atomic E-state index is 0.0342. The van der Waals surface area contributed by atoms with Gasteiger partial charge < -0.3 is 15.0 Å². The minimum atomic E-state index is -0.250. The maximum Gasteiger partial charge on any atom is 0.257 e. The smallest absolute Gasteiger partial charge is 0.257 e. The molecule has 1 heterocycles. The van der Waals surface area contributed by atoms with Crippen LogP contribution in [0.5, 0.6) is 0 Å². The summed E-state index contributed by atoms with van der Waals surface area (Å²) in [6.07, 6.45) is 3.08. The van der Waals surface area contributed by atoms with Crippen molar-refractivity contribution in [1.29, 1.82) is 0 Å². The number of ketones is 1. The quantitative estimate of drug-likeness (QED) is 0.367. The highest BCUT2D eigenvalue weighted by atomic mass is 32.1. The Kier molecular flexibility index (Phi) is 9.95. The van der Waals surface area contributed by atoms with Crippen LogP contribution in [-0.4, -0.2) is 49.7 Å². The van der Waals surface area contributed by atoms with Gasteiger partial charge in [-0.1, -0.05) is 45.0 Å². The number of anilines is 1. The standard InChI is InChI=1S/C28H37N3O3S/c1-28(2,3)23-11-9-22(10-12-23)26(33)30-27(35)29-24-13-7-21(8-14-24)20-25(32)6-4-5-15-31-16-18-34-19-17-31/h7-14H,4-6,15-20H2,1-3H3,(H2,29,30,33,35)/p+1. The largest absolute Gasteiger partial charge is 0.370 e. The van der Waals surface area contributed by atoms with Gasteiger partial charge in [0.05, 0.1) is 19.8 Å². The number of carbonyl (C=O) groups is 2. The Morgan fingerprint density at radius 2 is 1.63 bits per heavy atom. The zero-order valence-electron chi connectivity index (χ0n) is 21.1. The number of hydrogen-bond donors (Lipinski definition) is 3. The maximum absolute atomic E-state index is 12.5. The number of quaternary nitrogens is 1. The number of ether oxygens (including phenoxy) is 1. The molecule has 1 aliphatic heterocycles. The fraction of sp³-hybridized carbons (Fsp3) is 0.464. The summed E-state index contributed by atoms with van der Waals surface area (Å²) in [6.45, 7) is 11.4. The molecular weight excluding hydrogens is 458 g/mol. The topological polar surface area (TPSA) is 71.9 Å². The molecule has 0 spiro atoms. The summed E-state index contributed by atoms with van der Waals surface area (Å²) >= 11 is 5.30. The van der Waals surface area contributed by atoms with Gasteiger partial charge in [0, 0.05) is 24.1 Å². The normalized spacial score (nSPS) is 14.4. The molecule has 1 fully saturated rings. The number of thiocarbonyl (C=S) groups is 1. The lowest BCUT2D eigenvalue weighted by molar-refractivity contribution is -0.908. The third-order valence-electron chi connectivity index (χ3n) is 6.29. The van der Waals surface area contributed by atoms with Crippen LogP contribution >= 0.6 is 12.2 Å². The van der Waals surface area contributed by atoms with Crippen LogP contribution in [0.15, 0.2) is 48.5 Å². The van der Waals surface area contributed by atoms with E-state index in [1.165, 1.54) is 5.56 Å². The van der Waals surface area contributed by atoms with Gasteiger partial charge in [-0.3, -0.25) is 14.9 Å². The minimum Gasteiger partial charge on any atom is -0.370 e. The molecule has 7 heteroatoms. The second kappa shape index (κ2) is 12.9. The van der Waals surface area contributed by atoms with Crippen LogP contribution in [0.2, 0.25) is 0 Å². The Bertz CT molecular complexity index is 992. The van der Waals surface area contributed by atoms with Crippen LogP contribution in [0.4, 0.5) is 5.69 Å². The lowest BCUT2D eigenvalue weighted by Gasteiger charge is -2.23. The van der Waals surface area contributed by atoms with Gasteiger partial charge in [-0.05, 0) is 65.9 Å². The van der Waals surface area contributed by atoms with Gasteiger partial charge in [-0.25, -0.2) is 0 Å². The molecule has 1 amide bonds.